The van der Waals surface area contributed by atoms with Crippen LogP contribution in [0, 0.1) is 12.3 Å². The summed E-state index contributed by atoms with van der Waals surface area (Å²) < 4.78 is 6.72. The second-order valence-electron chi connectivity index (χ2n) is 4.95. The topological polar surface area (TPSA) is 51.2 Å². The zero-order valence-corrected chi connectivity index (χ0v) is 13.5. The van der Waals surface area contributed by atoms with Crippen molar-refractivity contribution >= 4 is 27.5 Å². The molecule has 116 valence electrons. The molecule has 22 heavy (non-hydrogen) atoms. The van der Waals surface area contributed by atoms with Gasteiger partial charge < -0.3 is 10.1 Å². The van der Waals surface area contributed by atoms with Gasteiger partial charge in [0.15, 0.2) is 5.01 Å². The molecule has 0 unspecified atom stereocenters. The molecule has 1 aromatic carbocycles. The molecule has 1 heterocycles. The van der Waals surface area contributed by atoms with E-state index in [1.165, 1.54) is 11.3 Å². The van der Waals surface area contributed by atoms with E-state index in [9.17, 15) is 4.79 Å². The second-order valence-corrected chi connectivity index (χ2v) is 5.98. The fourth-order valence-electron chi connectivity index (χ4n) is 1.97. The van der Waals surface area contributed by atoms with Gasteiger partial charge in [-0.1, -0.05) is 13.3 Å². The molecule has 1 amide bonds. The Morgan fingerprint density at radius 1 is 1.45 bits per heavy atom. The summed E-state index contributed by atoms with van der Waals surface area (Å²) in [4.78, 5) is 15.7. The van der Waals surface area contributed by atoms with E-state index in [4.69, 9.17) is 11.2 Å². The van der Waals surface area contributed by atoms with Crippen LogP contribution in [0.2, 0.25) is 0 Å². The number of carbonyl (C=O) groups is 1. The van der Waals surface area contributed by atoms with Crippen LogP contribution in [0.3, 0.4) is 0 Å². The van der Waals surface area contributed by atoms with Gasteiger partial charge in [-0.05, 0) is 37.0 Å². The fourth-order valence-corrected chi connectivity index (χ4v) is 2.78. The number of carbonyl (C=O) groups excluding carboxylic acids is 1. The highest BCUT2D eigenvalue weighted by atomic mass is 32.1. The number of hydrogen-bond donors (Lipinski definition) is 1. The van der Waals surface area contributed by atoms with Crippen molar-refractivity contribution in [3.8, 4) is 18.1 Å². The van der Waals surface area contributed by atoms with Crippen LogP contribution in [0.5, 0.6) is 5.75 Å². The Morgan fingerprint density at radius 2 is 2.32 bits per heavy atom. The van der Waals surface area contributed by atoms with E-state index in [0.29, 0.717) is 24.6 Å². The minimum absolute atomic E-state index is 0.120. The molecule has 1 N–H and O–H groups in total. The van der Waals surface area contributed by atoms with Gasteiger partial charge in [0, 0.05) is 13.0 Å². The number of hydrogen-bond acceptors (Lipinski definition) is 4. The molecular weight excluding hydrogens is 296 g/mol. The Morgan fingerprint density at radius 3 is 3.09 bits per heavy atom. The highest BCUT2D eigenvalue weighted by Gasteiger charge is 2.04. The molecule has 0 saturated carbocycles. The summed E-state index contributed by atoms with van der Waals surface area (Å²) in [6.45, 7) is 3.29. The van der Waals surface area contributed by atoms with Crippen LogP contribution in [-0.2, 0) is 4.79 Å². The molecule has 0 fully saturated rings. The van der Waals surface area contributed by atoms with Crippen LogP contribution in [0.4, 0.5) is 0 Å². The van der Waals surface area contributed by atoms with Crippen molar-refractivity contribution in [2.75, 3.05) is 13.2 Å². The number of amides is 1. The smallest absolute Gasteiger partial charge is 0.219 e. The van der Waals surface area contributed by atoms with Crippen molar-refractivity contribution in [1.29, 1.82) is 0 Å². The number of rotatable bonds is 8. The summed E-state index contributed by atoms with van der Waals surface area (Å²) >= 11 is 1.48. The molecule has 5 heteroatoms. The normalized spacial score (nSPS) is 10.4. The average molecular weight is 316 g/mol. The summed E-state index contributed by atoms with van der Waals surface area (Å²) in [6, 6.07) is 5.75. The van der Waals surface area contributed by atoms with Crippen LogP contribution in [0.1, 0.15) is 37.6 Å². The second kappa shape index (κ2) is 8.40. The molecule has 0 bridgehead atoms. The summed E-state index contributed by atoms with van der Waals surface area (Å²) in [7, 11) is 0. The molecule has 1 aromatic heterocycles. The quantitative estimate of drug-likeness (QED) is 0.600. The van der Waals surface area contributed by atoms with E-state index in [0.717, 1.165) is 35.2 Å². The number of terminal acetylenes is 1. The maximum absolute atomic E-state index is 11.4. The summed E-state index contributed by atoms with van der Waals surface area (Å²) in [5.41, 5.74) is 0.897. The molecule has 2 rings (SSSR count). The van der Waals surface area contributed by atoms with Gasteiger partial charge in [0.2, 0.25) is 5.91 Å². The lowest BCUT2D eigenvalue weighted by atomic mass is 10.2. The zero-order valence-electron chi connectivity index (χ0n) is 12.7. The Bertz CT molecular complexity index is 673. The van der Waals surface area contributed by atoms with Gasteiger partial charge in [0.05, 0.1) is 16.8 Å². The molecule has 0 radical (unpaired) electrons. The lowest BCUT2D eigenvalue weighted by Crippen LogP contribution is -2.25. The summed E-state index contributed by atoms with van der Waals surface area (Å²) in [5.74, 6) is 3.47. The van der Waals surface area contributed by atoms with Crippen LogP contribution in [-0.4, -0.2) is 24.0 Å². The van der Waals surface area contributed by atoms with Crippen molar-refractivity contribution in [1.82, 2.24) is 10.3 Å². The molecule has 2 aromatic rings. The van der Waals surface area contributed by atoms with Gasteiger partial charge in [-0.2, -0.15) is 0 Å². The van der Waals surface area contributed by atoms with E-state index in [-0.39, 0.29) is 5.91 Å². The van der Waals surface area contributed by atoms with Gasteiger partial charge in [0.25, 0.3) is 0 Å². The van der Waals surface area contributed by atoms with E-state index < -0.39 is 0 Å². The molecule has 0 saturated heterocycles. The molecule has 0 spiro atoms. The number of aromatic nitrogens is 1. The Kier molecular flexibility index (Phi) is 6.23. The highest BCUT2D eigenvalue weighted by molar-refractivity contribution is 7.19. The Hall–Kier alpha value is -2.06. The predicted molar refractivity (Wildman–Crippen MR) is 90.2 cm³/mol. The van der Waals surface area contributed by atoms with Crippen molar-refractivity contribution in [3.63, 3.8) is 0 Å². The number of fused-ring (bicyclic) bond motifs is 1. The van der Waals surface area contributed by atoms with Crippen molar-refractivity contribution in [3.05, 3.63) is 23.2 Å². The van der Waals surface area contributed by atoms with E-state index in [1.54, 1.807) is 0 Å². The van der Waals surface area contributed by atoms with Crippen LogP contribution in [0.25, 0.3) is 10.2 Å². The Balaban J connectivity index is 1.73. The van der Waals surface area contributed by atoms with Crippen molar-refractivity contribution < 1.29 is 9.53 Å². The maximum Gasteiger partial charge on any atom is 0.219 e. The molecule has 0 aliphatic rings. The number of unbranched alkanes of at least 4 members (excludes halogenated alkanes) is 1. The number of nitrogens with one attached hydrogen (secondary N) is 1. The minimum atomic E-state index is 0.120. The first-order valence-corrected chi connectivity index (χ1v) is 8.31. The van der Waals surface area contributed by atoms with Crippen LogP contribution < -0.4 is 10.1 Å². The van der Waals surface area contributed by atoms with Gasteiger partial charge in [-0.3, -0.25) is 4.79 Å². The molecule has 0 aliphatic carbocycles. The van der Waals surface area contributed by atoms with Gasteiger partial charge in [-0.15, -0.1) is 17.8 Å². The third kappa shape index (κ3) is 4.74. The number of ether oxygens (including phenoxy) is 1. The largest absolute Gasteiger partial charge is 0.493 e. The van der Waals surface area contributed by atoms with Crippen molar-refractivity contribution in [2.45, 2.75) is 32.6 Å². The van der Waals surface area contributed by atoms with Crippen LogP contribution >= 0.6 is 11.3 Å². The lowest BCUT2D eigenvalue weighted by molar-refractivity contribution is -0.121. The van der Waals surface area contributed by atoms with Gasteiger partial charge >= 0.3 is 0 Å². The molecule has 0 aliphatic heterocycles. The summed E-state index contributed by atoms with van der Waals surface area (Å²) in [5, 5.41) is 3.58. The minimum Gasteiger partial charge on any atom is -0.493 e. The fraction of sp³-hybridized carbons (Fsp3) is 0.412. The van der Waals surface area contributed by atoms with Crippen molar-refractivity contribution in [2.24, 2.45) is 0 Å². The molecule has 0 atom stereocenters. The van der Waals surface area contributed by atoms with Crippen LogP contribution in [0.15, 0.2) is 18.2 Å². The monoisotopic (exact) mass is 316 g/mol. The maximum atomic E-state index is 11.4. The Labute approximate surface area is 134 Å². The number of benzene rings is 1. The van der Waals surface area contributed by atoms with E-state index >= 15 is 0 Å². The van der Waals surface area contributed by atoms with E-state index in [1.807, 2.05) is 18.2 Å². The molecule has 4 nitrogen and oxygen atoms in total. The number of thiazole rings is 1. The number of nitrogens with zero attached hydrogens (tertiary/aromatic N) is 1. The average Bonchev–Trinajstić information content (AvgIpc) is 2.95. The highest BCUT2D eigenvalue weighted by Crippen LogP contribution is 2.25. The zero-order chi connectivity index (χ0) is 15.8. The predicted octanol–water partition coefficient (Wildman–Crippen LogP) is 3.35. The third-order valence-electron chi connectivity index (χ3n) is 3.15. The van der Waals surface area contributed by atoms with Gasteiger partial charge in [0.1, 0.15) is 5.75 Å². The van der Waals surface area contributed by atoms with E-state index in [2.05, 4.69) is 23.1 Å². The van der Waals surface area contributed by atoms with Gasteiger partial charge in [-0.25, -0.2) is 4.98 Å². The third-order valence-corrected chi connectivity index (χ3v) is 4.10. The summed E-state index contributed by atoms with van der Waals surface area (Å²) in [6.07, 6.45) is 8.73. The SMILES string of the molecule is C#Cc1nc2ccc(OCCCNC(=O)CCCC)cc2s1. The standard InChI is InChI=1S/C17H20N2O2S/c1-3-5-7-16(20)18-10-6-11-21-13-8-9-14-15(12-13)22-17(4-2)19-14/h2,8-9,12H,3,5-7,10-11H2,1H3,(H,18,20). The first-order chi connectivity index (χ1) is 10.7. The first kappa shape index (κ1) is 16.3. The lowest BCUT2D eigenvalue weighted by Gasteiger charge is -2.07. The molecular formula is C17H20N2O2S. The first-order valence-electron chi connectivity index (χ1n) is 7.49.